The van der Waals surface area contributed by atoms with Gasteiger partial charge in [0.1, 0.15) is 5.69 Å². The summed E-state index contributed by atoms with van der Waals surface area (Å²) in [5, 5.41) is 5.13. The maximum atomic E-state index is 6.08. The Morgan fingerprint density at radius 1 is 1.33 bits per heavy atom. The first-order valence-electron chi connectivity index (χ1n) is 4.90. The third kappa shape index (κ3) is 2.05. The van der Waals surface area contributed by atoms with E-state index in [-0.39, 0.29) is 0 Å². The van der Waals surface area contributed by atoms with Crippen LogP contribution in [-0.4, -0.2) is 9.78 Å². The number of halogens is 1. The molecule has 0 spiro atoms. The van der Waals surface area contributed by atoms with Gasteiger partial charge in [-0.15, -0.1) is 0 Å². The molecule has 1 aromatic heterocycles. The van der Waals surface area contributed by atoms with Crippen LogP contribution in [0.1, 0.15) is 19.9 Å². The largest absolute Gasteiger partial charge is 0.269 e. The monoisotopic (exact) mass is 219 g/mol. The number of hydrogen-bond donors (Lipinski definition) is 0. The van der Waals surface area contributed by atoms with Crippen molar-refractivity contribution in [1.29, 1.82) is 0 Å². The van der Waals surface area contributed by atoms with Crippen molar-refractivity contribution in [2.24, 2.45) is 0 Å². The summed E-state index contributed by atoms with van der Waals surface area (Å²) in [6, 6.07) is 11.1. The van der Waals surface area contributed by atoms with Gasteiger partial charge in [0, 0.05) is 23.9 Å². The Hall–Kier alpha value is -1.28. The Labute approximate surface area is 94.5 Å². The fraction of sp³-hybridized carbons (Fsp3) is 0.250. The van der Waals surface area contributed by atoms with Crippen molar-refractivity contribution >= 4 is 11.6 Å². The molecule has 0 bridgehead atoms. The van der Waals surface area contributed by atoms with Crippen LogP contribution in [0, 0.1) is 6.07 Å². The molecule has 0 unspecified atom stereocenters. The van der Waals surface area contributed by atoms with E-state index >= 15 is 0 Å². The van der Waals surface area contributed by atoms with Crippen molar-refractivity contribution in [1.82, 2.24) is 9.78 Å². The molecule has 15 heavy (non-hydrogen) atoms. The van der Waals surface area contributed by atoms with Gasteiger partial charge in [-0.3, -0.25) is 4.68 Å². The van der Waals surface area contributed by atoms with Gasteiger partial charge in [0.05, 0.1) is 5.02 Å². The molecule has 0 N–H and O–H groups in total. The van der Waals surface area contributed by atoms with Crippen LogP contribution in [0.4, 0.5) is 0 Å². The molecule has 1 aromatic carbocycles. The topological polar surface area (TPSA) is 17.8 Å². The lowest BCUT2D eigenvalue weighted by atomic mass is 10.2. The van der Waals surface area contributed by atoms with E-state index in [4.69, 9.17) is 11.6 Å². The summed E-state index contributed by atoms with van der Waals surface area (Å²) < 4.78 is 1.87. The number of hydrogen-bond acceptors (Lipinski definition) is 1. The maximum absolute atomic E-state index is 6.08. The Morgan fingerprint density at radius 2 is 2.07 bits per heavy atom. The van der Waals surface area contributed by atoms with Crippen LogP contribution in [0.15, 0.2) is 30.5 Å². The third-order valence-corrected chi connectivity index (χ3v) is 2.54. The van der Waals surface area contributed by atoms with E-state index in [0.717, 1.165) is 11.3 Å². The van der Waals surface area contributed by atoms with Gasteiger partial charge < -0.3 is 0 Å². The molecular formula is C12H12ClN2. The second-order valence-electron chi connectivity index (χ2n) is 3.68. The first-order valence-corrected chi connectivity index (χ1v) is 5.28. The normalized spacial score (nSPS) is 10.9. The average molecular weight is 220 g/mol. The van der Waals surface area contributed by atoms with Gasteiger partial charge in [0.15, 0.2) is 0 Å². The molecule has 0 atom stereocenters. The van der Waals surface area contributed by atoms with Gasteiger partial charge in [-0.25, -0.2) is 0 Å². The fourth-order valence-electron chi connectivity index (χ4n) is 1.35. The highest BCUT2D eigenvalue weighted by atomic mass is 35.5. The smallest absolute Gasteiger partial charge is 0.102 e. The van der Waals surface area contributed by atoms with Gasteiger partial charge in [-0.1, -0.05) is 29.8 Å². The molecule has 2 rings (SSSR count). The lowest BCUT2D eigenvalue weighted by Gasteiger charge is -2.04. The molecule has 0 saturated heterocycles. The van der Waals surface area contributed by atoms with E-state index in [1.165, 1.54) is 0 Å². The summed E-state index contributed by atoms with van der Waals surface area (Å²) in [5.41, 5.74) is 1.73. The molecule has 0 amide bonds. The Kier molecular flexibility index (Phi) is 2.78. The van der Waals surface area contributed by atoms with Crippen molar-refractivity contribution in [3.8, 4) is 11.3 Å². The average Bonchev–Trinajstić information content (AvgIpc) is 2.67. The van der Waals surface area contributed by atoms with Crippen molar-refractivity contribution in [3.05, 3.63) is 41.6 Å². The molecule has 2 aromatic rings. The molecule has 1 heterocycles. The summed E-state index contributed by atoms with van der Waals surface area (Å²) in [6.45, 7) is 4.16. The maximum Gasteiger partial charge on any atom is 0.102 e. The van der Waals surface area contributed by atoms with Crippen LogP contribution in [0.25, 0.3) is 11.3 Å². The van der Waals surface area contributed by atoms with Crippen molar-refractivity contribution < 1.29 is 0 Å². The minimum Gasteiger partial charge on any atom is -0.269 e. The van der Waals surface area contributed by atoms with E-state index in [0.29, 0.717) is 11.1 Å². The van der Waals surface area contributed by atoms with E-state index in [9.17, 15) is 0 Å². The predicted molar refractivity (Wildman–Crippen MR) is 61.9 cm³/mol. The van der Waals surface area contributed by atoms with Gasteiger partial charge in [0.2, 0.25) is 0 Å². The summed E-state index contributed by atoms with van der Waals surface area (Å²) in [5.74, 6) is 0. The van der Waals surface area contributed by atoms with Crippen LogP contribution < -0.4 is 0 Å². The zero-order valence-electron chi connectivity index (χ0n) is 8.74. The van der Waals surface area contributed by atoms with Crippen LogP contribution in [-0.2, 0) is 0 Å². The van der Waals surface area contributed by atoms with Crippen LogP contribution in [0.5, 0.6) is 0 Å². The molecule has 3 heteroatoms. The van der Waals surface area contributed by atoms with E-state index in [1.54, 1.807) is 0 Å². The first kappa shape index (κ1) is 10.2. The minimum atomic E-state index is 0.345. The molecular weight excluding hydrogens is 208 g/mol. The summed E-state index contributed by atoms with van der Waals surface area (Å²) in [7, 11) is 0. The summed E-state index contributed by atoms with van der Waals surface area (Å²) in [4.78, 5) is 0. The molecule has 0 aliphatic rings. The van der Waals surface area contributed by atoms with Crippen molar-refractivity contribution in [2.75, 3.05) is 0 Å². The molecule has 2 nitrogen and oxygen atoms in total. The lowest BCUT2D eigenvalue weighted by molar-refractivity contribution is 0.534. The lowest BCUT2D eigenvalue weighted by Crippen LogP contribution is -2.00. The highest BCUT2D eigenvalue weighted by Crippen LogP contribution is 2.25. The summed E-state index contributed by atoms with van der Waals surface area (Å²) in [6.07, 6.45) is 1.85. The standard InChI is InChI=1S/C12H12ClN2/c1-9(2)15-8-7-12(14-15)10-5-3-4-6-11(10)13/h3-6,8-9H,1-2H3. The van der Waals surface area contributed by atoms with Gasteiger partial charge in [-0.05, 0) is 19.9 Å². The highest BCUT2D eigenvalue weighted by Gasteiger charge is 2.07. The molecule has 0 aliphatic carbocycles. The third-order valence-electron chi connectivity index (χ3n) is 2.21. The second-order valence-corrected chi connectivity index (χ2v) is 4.08. The van der Waals surface area contributed by atoms with Crippen LogP contribution in [0.3, 0.4) is 0 Å². The molecule has 0 aliphatic heterocycles. The molecule has 0 fully saturated rings. The Bertz CT molecular complexity index is 460. The zero-order chi connectivity index (χ0) is 10.8. The Morgan fingerprint density at radius 3 is 2.67 bits per heavy atom. The minimum absolute atomic E-state index is 0.345. The number of nitrogens with zero attached hydrogens (tertiary/aromatic N) is 2. The second kappa shape index (κ2) is 4.07. The van der Waals surface area contributed by atoms with Gasteiger partial charge in [0.25, 0.3) is 0 Å². The number of aromatic nitrogens is 2. The molecule has 1 radical (unpaired) electrons. The summed E-state index contributed by atoms with van der Waals surface area (Å²) >= 11 is 6.08. The number of rotatable bonds is 2. The molecule has 77 valence electrons. The van der Waals surface area contributed by atoms with Crippen LogP contribution in [0.2, 0.25) is 5.02 Å². The van der Waals surface area contributed by atoms with E-state index in [2.05, 4.69) is 25.0 Å². The zero-order valence-corrected chi connectivity index (χ0v) is 9.49. The SMILES string of the molecule is CC(C)n1c[c]c(-c2ccccc2Cl)n1. The van der Waals surface area contributed by atoms with Crippen molar-refractivity contribution in [3.63, 3.8) is 0 Å². The fourth-order valence-corrected chi connectivity index (χ4v) is 1.58. The van der Waals surface area contributed by atoms with E-state index < -0.39 is 0 Å². The quantitative estimate of drug-likeness (QED) is 0.755. The molecule has 0 saturated carbocycles. The van der Waals surface area contributed by atoms with Gasteiger partial charge in [-0.2, -0.15) is 5.10 Å². The number of benzene rings is 1. The predicted octanol–water partition coefficient (Wildman–Crippen LogP) is 3.58. The van der Waals surface area contributed by atoms with Crippen molar-refractivity contribution in [2.45, 2.75) is 19.9 Å². The van der Waals surface area contributed by atoms with Crippen LogP contribution >= 0.6 is 11.6 Å². The van der Waals surface area contributed by atoms with E-state index in [1.807, 2.05) is 35.1 Å². The Balaban J connectivity index is 2.42. The highest BCUT2D eigenvalue weighted by molar-refractivity contribution is 6.33. The van der Waals surface area contributed by atoms with Gasteiger partial charge >= 0.3 is 0 Å². The first-order chi connectivity index (χ1) is 7.18.